The van der Waals surface area contributed by atoms with E-state index in [-0.39, 0.29) is 5.92 Å². The summed E-state index contributed by atoms with van der Waals surface area (Å²) in [6, 6.07) is 0. The lowest BCUT2D eigenvalue weighted by atomic mass is 9.94. The maximum Gasteiger partial charge on any atom is 0.228 e. The maximum atomic E-state index is 11.9. The minimum absolute atomic E-state index is 0.148. The van der Waals surface area contributed by atoms with Crippen LogP contribution in [0.15, 0.2) is 0 Å². The van der Waals surface area contributed by atoms with Crippen LogP contribution in [-0.2, 0) is 9.53 Å². The molecule has 2 aliphatic heterocycles. The van der Waals surface area contributed by atoms with E-state index in [9.17, 15) is 4.79 Å². The van der Waals surface area contributed by atoms with Crippen LogP contribution >= 0.6 is 0 Å². The maximum absolute atomic E-state index is 11.9. The van der Waals surface area contributed by atoms with Gasteiger partial charge in [-0.3, -0.25) is 4.79 Å². The normalized spacial score (nSPS) is 26.7. The predicted molar refractivity (Wildman–Crippen MR) is 57.5 cm³/mol. The number of amides is 1. The summed E-state index contributed by atoms with van der Waals surface area (Å²) in [6.07, 6.45) is 2.10. The number of nitrogens with one attached hydrogen (secondary N) is 1. The molecular formula is C11H20N2O2. The molecular weight excluding hydrogens is 192 g/mol. The van der Waals surface area contributed by atoms with Crippen molar-refractivity contribution in [3.63, 3.8) is 0 Å². The fourth-order valence-corrected chi connectivity index (χ4v) is 2.27. The number of ether oxygens (including phenoxy) is 1. The summed E-state index contributed by atoms with van der Waals surface area (Å²) in [5, 5.41) is 3.14. The molecule has 86 valence electrons. The monoisotopic (exact) mass is 212 g/mol. The van der Waals surface area contributed by atoms with Crippen molar-refractivity contribution < 1.29 is 9.53 Å². The Morgan fingerprint density at radius 1 is 1.53 bits per heavy atom. The number of nitrogens with zero attached hydrogens (tertiary/aromatic N) is 1. The highest BCUT2D eigenvalue weighted by molar-refractivity contribution is 5.80. The molecule has 2 fully saturated rings. The van der Waals surface area contributed by atoms with Gasteiger partial charge in [0.15, 0.2) is 0 Å². The van der Waals surface area contributed by atoms with Gasteiger partial charge in [-0.2, -0.15) is 0 Å². The molecule has 2 rings (SSSR count). The number of likely N-dealkylation sites (tertiary alicyclic amines) is 1. The van der Waals surface area contributed by atoms with Crippen LogP contribution in [0, 0.1) is 11.8 Å². The number of carbonyl (C=O) groups excluding carboxylic acids is 1. The minimum atomic E-state index is 0.148. The first kappa shape index (κ1) is 10.9. The van der Waals surface area contributed by atoms with E-state index in [1.165, 1.54) is 6.42 Å². The Bertz CT molecular complexity index is 221. The Hall–Kier alpha value is -0.610. The lowest BCUT2D eigenvalue weighted by Crippen LogP contribution is -2.52. The van der Waals surface area contributed by atoms with E-state index in [0.717, 1.165) is 32.7 Å². The fourth-order valence-electron chi connectivity index (χ4n) is 2.27. The van der Waals surface area contributed by atoms with Gasteiger partial charge < -0.3 is 15.0 Å². The van der Waals surface area contributed by atoms with Gasteiger partial charge in [-0.25, -0.2) is 0 Å². The zero-order valence-corrected chi connectivity index (χ0v) is 9.37. The molecule has 1 N–H and O–H groups in total. The quantitative estimate of drug-likeness (QED) is 0.718. The van der Waals surface area contributed by atoms with Gasteiger partial charge in [0.05, 0.1) is 12.5 Å². The fraction of sp³-hybridized carbons (Fsp3) is 0.909. The van der Waals surface area contributed by atoms with E-state index in [4.69, 9.17) is 4.74 Å². The Labute approximate surface area is 91.0 Å². The van der Waals surface area contributed by atoms with Gasteiger partial charge >= 0.3 is 0 Å². The molecule has 0 aromatic carbocycles. The van der Waals surface area contributed by atoms with Crippen molar-refractivity contribution in [1.29, 1.82) is 0 Å². The molecule has 0 spiro atoms. The molecule has 2 heterocycles. The van der Waals surface area contributed by atoms with Crippen LogP contribution in [0.1, 0.15) is 12.8 Å². The van der Waals surface area contributed by atoms with Crippen LogP contribution in [0.4, 0.5) is 0 Å². The second-order valence-electron chi connectivity index (χ2n) is 4.56. The average Bonchev–Trinajstić information content (AvgIpc) is 2.68. The molecule has 0 aliphatic carbocycles. The lowest BCUT2D eigenvalue weighted by Gasteiger charge is -2.40. The van der Waals surface area contributed by atoms with Crippen molar-refractivity contribution in [2.75, 3.05) is 39.9 Å². The van der Waals surface area contributed by atoms with E-state index in [2.05, 4.69) is 5.32 Å². The molecule has 1 atom stereocenters. The predicted octanol–water partition coefficient (Wildman–Crippen LogP) is 0.0908. The number of carbonyl (C=O) groups is 1. The first-order chi connectivity index (χ1) is 7.31. The Balaban J connectivity index is 1.67. The van der Waals surface area contributed by atoms with Gasteiger partial charge in [0, 0.05) is 19.7 Å². The summed E-state index contributed by atoms with van der Waals surface area (Å²) in [6.45, 7) is 4.36. The van der Waals surface area contributed by atoms with E-state index < -0.39 is 0 Å². The van der Waals surface area contributed by atoms with Gasteiger partial charge in [-0.15, -0.1) is 0 Å². The van der Waals surface area contributed by atoms with Crippen LogP contribution in [0.3, 0.4) is 0 Å². The first-order valence-corrected chi connectivity index (χ1v) is 5.82. The van der Waals surface area contributed by atoms with Crippen LogP contribution in [-0.4, -0.2) is 50.7 Å². The third-order valence-electron chi connectivity index (χ3n) is 3.35. The second kappa shape index (κ2) is 4.94. The number of rotatable bonds is 4. The molecule has 2 aliphatic rings. The van der Waals surface area contributed by atoms with Crippen molar-refractivity contribution in [3.05, 3.63) is 0 Å². The lowest BCUT2D eigenvalue weighted by molar-refractivity contribution is -0.142. The van der Waals surface area contributed by atoms with Crippen molar-refractivity contribution >= 4 is 5.91 Å². The largest absolute Gasteiger partial charge is 0.381 e. The van der Waals surface area contributed by atoms with Crippen LogP contribution < -0.4 is 5.32 Å². The van der Waals surface area contributed by atoms with E-state index >= 15 is 0 Å². The SMILES string of the molecule is CNCCC1CN(C(=O)C2CCOC2)C1. The summed E-state index contributed by atoms with van der Waals surface area (Å²) in [4.78, 5) is 13.9. The van der Waals surface area contributed by atoms with Crippen molar-refractivity contribution in [1.82, 2.24) is 10.2 Å². The first-order valence-electron chi connectivity index (χ1n) is 5.82. The molecule has 1 unspecified atom stereocenters. The van der Waals surface area contributed by atoms with Crippen molar-refractivity contribution in [2.24, 2.45) is 11.8 Å². The Morgan fingerprint density at radius 3 is 2.93 bits per heavy atom. The molecule has 4 nitrogen and oxygen atoms in total. The van der Waals surface area contributed by atoms with Crippen LogP contribution in [0.25, 0.3) is 0 Å². The Kier molecular flexibility index (Phi) is 3.59. The summed E-state index contributed by atoms with van der Waals surface area (Å²) in [5.41, 5.74) is 0. The van der Waals surface area contributed by atoms with E-state index in [0.29, 0.717) is 18.4 Å². The zero-order valence-electron chi connectivity index (χ0n) is 9.37. The smallest absolute Gasteiger partial charge is 0.228 e. The third-order valence-corrected chi connectivity index (χ3v) is 3.35. The summed E-state index contributed by atoms with van der Waals surface area (Å²) >= 11 is 0. The molecule has 15 heavy (non-hydrogen) atoms. The topological polar surface area (TPSA) is 41.6 Å². The molecule has 0 bridgehead atoms. The summed E-state index contributed by atoms with van der Waals surface area (Å²) in [5.74, 6) is 1.17. The Morgan fingerprint density at radius 2 is 2.33 bits per heavy atom. The highest BCUT2D eigenvalue weighted by Crippen LogP contribution is 2.23. The summed E-state index contributed by atoms with van der Waals surface area (Å²) < 4.78 is 5.23. The van der Waals surface area contributed by atoms with E-state index in [1.54, 1.807) is 0 Å². The van der Waals surface area contributed by atoms with Gasteiger partial charge in [-0.1, -0.05) is 0 Å². The molecule has 0 radical (unpaired) electrons. The zero-order chi connectivity index (χ0) is 10.7. The molecule has 4 heteroatoms. The van der Waals surface area contributed by atoms with Gasteiger partial charge in [0.1, 0.15) is 0 Å². The van der Waals surface area contributed by atoms with Crippen LogP contribution in [0.2, 0.25) is 0 Å². The number of hydrogen-bond acceptors (Lipinski definition) is 3. The average molecular weight is 212 g/mol. The van der Waals surface area contributed by atoms with Crippen LogP contribution in [0.5, 0.6) is 0 Å². The highest BCUT2D eigenvalue weighted by atomic mass is 16.5. The summed E-state index contributed by atoms with van der Waals surface area (Å²) in [7, 11) is 1.97. The molecule has 0 saturated carbocycles. The molecule has 0 aromatic heterocycles. The van der Waals surface area contributed by atoms with Gasteiger partial charge in [0.25, 0.3) is 0 Å². The minimum Gasteiger partial charge on any atom is -0.381 e. The van der Waals surface area contributed by atoms with Crippen molar-refractivity contribution in [2.45, 2.75) is 12.8 Å². The highest BCUT2D eigenvalue weighted by Gasteiger charge is 2.35. The molecule has 0 aromatic rings. The van der Waals surface area contributed by atoms with E-state index in [1.807, 2.05) is 11.9 Å². The standard InChI is InChI=1S/C11H20N2O2/c1-12-4-2-9-6-13(7-9)11(14)10-3-5-15-8-10/h9-10,12H,2-8H2,1H3. The second-order valence-corrected chi connectivity index (χ2v) is 4.56. The third kappa shape index (κ3) is 2.49. The number of hydrogen-bond donors (Lipinski definition) is 1. The molecule has 1 amide bonds. The van der Waals surface area contributed by atoms with Crippen molar-refractivity contribution in [3.8, 4) is 0 Å². The molecule has 2 saturated heterocycles. The van der Waals surface area contributed by atoms with Gasteiger partial charge in [-0.05, 0) is 32.4 Å². The van der Waals surface area contributed by atoms with Gasteiger partial charge in [0.2, 0.25) is 5.91 Å².